The molecule has 0 aromatic heterocycles. The molecule has 7 heteroatoms. The maximum Gasteiger partial charge on any atom is 0.258 e. The zero-order valence-corrected chi connectivity index (χ0v) is 20.0. The van der Waals surface area contributed by atoms with Gasteiger partial charge in [-0.25, -0.2) is 12.8 Å². The molecule has 1 N–H and O–H groups in total. The first-order valence-electron chi connectivity index (χ1n) is 11.6. The van der Waals surface area contributed by atoms with Gasteiger partial charge in [0.15, 0.2) is 0 Å². The summed E-state index contributed by atoms with van der Waals surface area (Å²) in [4.78, 5) is 12.8. The molecule has 3 aromatic rings. The van der Waals surface area contributed by atoms with Crippen molar-refractivity contribution in [1.29, 1.82) is 0 Å². The van der Waals surface area contributed by atoms with Crippen molar-refractivity contribution in [2.24, 2.45) is 5.92 Å². The molecule has 0 atom stereocenters. The van der Waals surface area contributed by atoms with Crippen molar-refractivity contribution < 1.29 is 17.6 Å². The number of aryl methyl sites for hydroxylation is 1. The van der Waals surface area contributed by atoms with Gasteiger partial charge in [0.2, 0.25) is 10.0 Å². The van der Waals surface area contributed by atoms with Gasteiger partial charge in [0.1, 0.15) is 5.82 Å². The number of anilines is 1. The minimum absolute atomic E-state index is 0.0654. The number of amides is 1. The first-order valence-corrected chi connectivity index (χ1v) is 13.1. The van der Waals surface area contributed by atoms with E-state index in [9.17, 15) is 17.6 Å². The Kier molecular flexibility index (Phi) is 7.44. The largest absolute Gasteiger partial charge is 0.322 e. The van der Waals surface area contributed by atoms with Gasteiger partial charge in [-0.3, -0.25) is 4.79 Å². The summed E-state index contributed by atoms with van der Waals surface area (Å²) in [6.45, 7) is 2.77. The lowest BCUT2D eigenvalue weighted by Crippen LogP contribution is -2.39. The van der Waals surface area contributed by atoms with Crippen LogP contribution in [0.3, 0.4) is 0 Å². The molecule has 1 aliphatic heterocycles. The van der Waals surface area contributed by atoms with Crippen LogP contribution in [-0.4, -0.2) is 31.7 Å². The van der Waals surface area contributed by atoms with E-state index < -0.39 is 21.7 Å². The second kappa shape index (κ2) is 10.5. The summed E-state index contributed by atoms with van der Waals surface area (Å²) >= 11 is 0. The molecule has 0 bridgehead atoms. The lowest BCUT2D eigenvalue weighted by Gasteiger charge is -2.31. The van der Waals surface area contributed by atoms with E-state index in [1.165, 1.54) is 15.9 Å². The molecular formula is C27H29FN2O3S. The summed E-state index contributed by atoms with van der Waals surface area (Å²) < 4.78 is 42.5. The molecule has 4 rings (SSSR count). The third-order valence-electron chi connectivity index (χ3n) is 6.41. The normalized spacial score (nSPS) is 15.2. The van der Waals surface area contributed by atoms with Crippen molar-refractivity contribution in [1.82, 2.24) is 4.31 Å². The Labute approximate surface area is 200 Å². The lowest BCUT2D eigenvalue weighted by molar-refractivity contribution is 0.102. The van der Waals surface area contributed by atoms with Crippen molar-refractivity contribution in [3.8, 4) is 0 Å². The molecule has 1 saturated heterocycles. The fourth-order valence-electron chi connectivity index (χ4n) is 4.43. The number of sulfonamides is 1. The molecule has 3 aromatic carbocycles. The predicted molar refractivity (Wildman–Crippen MR) is 132 cm³/mol. The van der Waals surface area contributed by atoms with Gasteiger partial charge in [-0.15, -0.1) is 0 Å². The number of carbonyl (C=O) groups excluding carboxylic acids is 1. The lowest BCUT2D eigenvalue weighted by atomic mass is 9.91. The smallest absolute Gasteiger partial charge is 0.258 e. The first kappa shape index (κ1) is 24.1. The maximum atomic E-state index is 14.5. The number of halogens is 1. The molecule has 178 valence electrons. The molecule has 0 saturated carbocycles. The minimum Gasteiger partial charge on any atom is -0.322 e. The average Bonchev–Trinajstić information content (AvgIpc) is 2.85. The summed E-state index contributed by atoms with van der Waals surface area (Å²) in [6.07, 6.45) is 3.15. The number of benzene rings is 3. The topological polar surface area (TPSA) is 66.5 Å². The molecule has 1 fully saturated rings. The number of hydrogen-bond acceptors (Lipinski definition) is 3. The van der Waals surface area contributed by atoms with Gasteiger partial charge < -0.3 is 5.32 Å². The number of para-hydroxylation sites is 1. The van der Waals surface area contributed by atoms with Crippen molar-refractivity contribution in [3.05, 3.63) is 95.3 Å². The quantitative estimate of drug-likeness (QED) is 0.500. The van der Waals surface area contributed by atoms with Gasteiger partial charge in [-0.2, -0.15) is 4.31 Å². The van der Waals surface area contributed by atoms with Crippen LogP contribution in [0.25, 0.3) is 0 Å². The zero-order chi connectivity index (χ0) is 24.1. The van der Waals surface area contributed by atoms with Gasteiger partial charge in [-0.05, 0) is 67.0 Å². The van der Waals surface area contributed by atoms with Gasteiger partial charge in [0, 0.05) is 18.8 Å². The van der Waals surface area contributed by atoms with Gasteiger partial charge in [0.05, 0.1) is 10.5 Å². The summed E-state index contributed by atoms with van der Waals surface area (Å²) in [5.41, 5.74) is 2.47. The highest BCUT2D eigenvalue weighted by Crippen LogP contribution is 2.27. The Morgan fingerprint density at radius 2 is 1.68 bits per heavy atom. The Hall–Kier alpha value is -3.03. The van der Waals surface area contributed by atoms with Crippen molar-refractivity contribution in [3.63, 3.8) is 0 Å². The number of rotatable bonds is 7. The van der Waals surface area contributed by atoms with Crippen LogP contribution in [-0.2, 0) is 22.9 Å². The standard InChI is InChI=1S/C27H29FN2O3S/c1-2-22-10-6-7-11-26(22)29-27(31)24-19-23(12-13-25(24)28)34(32,33)30-16-14-21(15-17-30)18-20-8-4-3-5-9-20/h3-13,19,21H,2,14-18H2,1H3,(H,29,31). The second-order valence-corrected chi connectivity index (χ2v) is 10.6. The van der Waals surface area contributed by atoms with E-state index in [-0.39, 0.29) is 10.5 Å². The molecule has 0 unspecified atom stereocenters. The number of nitrogens with zero attached hydrogens (tertiary/aromatic N) is 1. The number of nitrogens with one attached hydrogen (secondary N) is 1. The van der Waals surface area contributed by atoms with Crippen LogP contribution in [0.2, 0.25) is 0 Å². The fourth-order valence-corrected chi connectivity index (χ4v) is 5.93. The highest BCUT2D eigenvalue weighted by Gasteiger charge is 2.30. The van der Waals surface area contributed by atoms with E-state index in [2.05, 4.69) is 17.4 Å². The van der Waals surface area contributed by atoms with Gasteiger partial charge >= 0.3 is 0 Å². The Morgan fingerprint density at radius 3 is 2.38 bits per heavy atom. The molecule has 0 spiro atoms. The monoisotopic (exact) mass is 480 g/mol. The van der Waals surface area contributed by atoms with E-state index in [0.29, 0.717) is 31.1 Å². The SMILES string of the molecule is CCc1ccccc1NC(=O)c1cc(S(=O)(=O)N2CCC(Cc3ccccc3)CC2)ccc1F. The van der Waals surface area contributed by atoms with Crippen molar-refractivity contribution >= 4 is 21.6 Å². The molecule has 0 radical (unpaired) electrons. The Balaban J connectivity index is 1.47. The molecule has 1 aliphatic rings. The average molecular weight is 481 g/mol. The highest BCUT2D eigenvalue weighted by atomic mass is 32.2. The molecule has 1 heterocycles. The van der Waals surface area contributed by atoms with Crippen LogP contribution in [0.15, 0.2) is 77.7 Å². The Bertz CT molecular complexity index is 1250. The number of hydrogen-bond donors (Lipinski definition) is 1. The molecular weight excluding hydrogens is 451 g/mol. The third-order valence-corrected chi connectivity index (χ3v) is 8.30. The van der Waals surface area contributed by atoms with E-state index in [4.69, 9.17) is 0 Å². The third kappa shape index (κ3) is 5.37. The Morgan fingerprint density at radius 1 is 1.00 bits per heavy atom. The van der Waals surface area contributed by atoms with Crippen LogP contribution in [0, 0.1) is 11.7 Å². The van der Waals surface area contributed by atoms with Crippen LogP contribution >= 0.6 is 0 Å². The van der Waals surface area contributed by atoms with Crippen molar-refractivity contribution in [2.75, 3.05) is 18.4 Å². The zero-order valence-electron chi connectivity index (χ0n) is 19.2. The molecule has 5 nitrogen and oxygen atoms in total. The van der Waals surface area contributed by atoms with E-state index in [1.807, 2.05) is 37.3 Å². The van der Waals surface area contributed by atoms with Crippen LogP contribution in [0.5, 0.6) is 0 Å². The second-order valence-electron chi connectivity index (χ2n) is 8.64. The molecule has 0 aliphatic carbocycles. The summed E-state index contributed by atoms with van der Waals surface area (Å²) in [5.74, 6) is -1.01. The van der Waals surface area contributed by atoms with Gasteiger partial charge in [0.25, 0.3) is 5.91 Å². The van der Waals surface area contributed by atoms with Crippen molar-refractivity contribution in [2.45, 2.75) is 37.5 Å². The molecule has 34 heavy (non-hydrogen) atoms. The fraction of sp³-hybridized carbons (Fsp3) is 0.296. The number of piperidine rings is 1. The summed E-state index contributed by atoms with van der Waals surface area (Å²) in [6, 6.07) is 20.9. The maximum absolute atomic E-state index is 14.5. The van der Waals surface area contributed by atoms with Gasteiger partial charge in [-0.1, -0.05) is 55.5 Å². The van der Waals surface area contributed by atoms with Crippen LogP contribution in [0.4, 0.5) is 10.1 Å². The van der Waals surface area contributed by atoms with Crippen LogP contribution < -0.4 is 5.32 Å². The summed E-state index contributed by atoms with van der Waals surface area (Å²) in [7, 11) is -3.83. The van der Waals surface area contributed by atoms with E-state index >= 15 is 0 Å². The number of carbonyl (C=O) groups is 1. The van der Waals surface area contributed by atoms with Crippen LogP contribution in [0.1, 0.15) is 41.3 Å². The summed E-state index contributed by atoms with van der Waals surface area (Å²) in [5, 5.41) is 2.72. The first-order chi connectivity index (χ1) is 16.4. The molecule has 1 amide bonds. The predicted octanol–water partition coefficient (Wildman–Crippen LogP) is 5.28. The van der Waals surface area contributed by atoms with E-state index in [1.54, 1.807) is 12.1 Å². The minimum atomic E-state index is -3.83. The highest BCUT2D eigenvalue weighted by molar-refractivity contribution is 7.89. The van der Waals surface area contributed by atoms with E-state index in [0.717, 1.165) is 37.0 Å².